The van der Waals surface area contributed by atoms with E-state index in [1.54, 1.807) is 0 Å². The molecule has 12 aromatic rings. The number of para-hydroxylation sites is 2. The van der Waals surface area contributed by atoms with Crippen LogP contribution in [0.3, 0.4) is 0 Å². The Morgan fingerprint density at radius 2 is 0.725 bits per heavy atom. The summed E-state index contributed by atoms with van der Waals surface area (Å²) in [6.07, 6.45) is 0. The second kappa shape index (κ2) is 16.7. The molecule has 0 aliphatic heterocycles. The number of hydrogen-bond donors (Lipinski definition) is 0. The third-order valence-corrected chi connectivity index (χ3v) is 16.3. The van der Waals surface area contributed by atoms with E-state index < -0.39 is 0 Å². The third kappa shape index (κ3) is 7.53. The molecule has 0 amide bonds. The zero-order valence-electron chi connectivity index (χ0n) is 40.0. The normalized spacial score (nSPS) is 12.2. The summed E-state index contributed by atoms with van der Waals surface area (Å²) in [5.41, 5.74) is 15.8. The standard InChI is InChI=1S/C66H53NS2/c1-65(2,3)45-39-44(40-46(41-45)66(4,5)6)49-25-15-19-43-20-16-27-52(62(43)49)50-21-7-11-29-56(50)67(47-37-35-42(36-38-47)48-26-17-33-60-63(48)54-23-9-13-31-58(54)68-60)57-30-12-8-22-51(57)53-28-18-34-61-64(53)55-24-10-14-32-59(55)69-61/h7-41H,1-6H3. The fraction of sp³-hybridized carbons (Fsp3) is 0.121. The van der Waals surface area contributed by atoms with Gasteiger partial charge in [-0.25, -0.2) is 0 Å². The quantitative estimate of drug-likeness (QED) is 0.154. The van der Waals surface area contributed by atoms with Crippen LogP contribution < -0.4 is 4.90 Å². The van der Waals surface area contributed by atoms with Crippen LogP contribution in [0.25, 0.3) is 95.6 Å². The average molecular weight is 924 g/mol. The first-order valence-corrected chi connectivity index (χ1v) is 25.7. The lowest BCUT2D eigenvalue weighted by Gasteiger charge is -2.30. The first-order chi connectivity index (χ1) is 33.5. The van der Waals surface area contributed by atoms with Crippen LogP contribution in [0.5, 0.6) is 0 Å². The van der Waals surface area contributed by atoms with Crippen molar-refractivity contribution < 1.29 is 0 Å². The molecule has 3 heteroatoms. The smallest absolute Gasteiger partial charge is 0.0540 e. The molecule has 0 aliphatic rings. The van der Waals surface area contributed by atoms with Crippen LogP contribution in [0, 0.1) is 0 Å². The number of rotatable bonds is 7. The number of fused-ring (bicyclic) bond motifs is 7. The highest BCUT2D eigenvalue weighted by atomic mass is 32.1. The van der Waals surface area contributed by atoms with E-state index in [0.29, 0.717) is 0 Å². The van der Waals surface area contributed by atoms with Crippen molar-refractivity contribution in [1.82, 2.24) is 0 Å². The molecule has 0 aliphatic carbocycles. The van der Waals surface area contributed by atoms with Gasteiger partial charge in [-0.1, -0.05) is 205 Å². The molecule has 0 N–H and O–H groups in total. The molecule has 334 valence electrons. The lowest BCUT2D eigenvalue weighted by atomic mass is 9.78. The van der Waals surface area contributed by atoms with Gasteiger partial charge in [0.25, 0.3) is 0 Å². The largest absolute Gasteiger partial charge is 0.309 e. The first-order valence-electron chi connectivity index (χ1n) is 24.1. The molecule has 0 saturated heterocycles. The highest BCUT2D eigenvalue weighted by molar-refractivity contribution is 7.26. The molecule has 10 aromatic carbocycles. The summed E-state index contributed by atoms with van der Waals surface area (Å²) in [5, 5.41) is 7.71. The molecule has 0 saturated carbocycles. The molecule has 0 atom stereocenters. The maximum Gasteiger partial charge on any atom is 0.0540 e. The molecular formula is C66H53NS2. The van der Waals surface area contributed by atoms with Gasteiger partial charge < -0.3 is 4.90 Å². The second-order valence-electron chi connectivity index (χ2n) is 20.5. The topological polar surface area (TPSA) is 3.24 Å². The molecule has 2 aromatic heterocycles. The minimum Gasteiger partial charge on any atom is -0.309 e. The van der Waals surface area contributed by atoms with Crippen LogP contribution in [0.2, 0.25) is 0 Å². The molecule has 0 spiro atoms. The highest BCUT2D eigenvalue weighted by Crippen LogP contribution is 2.50. The Hall–Kier alpha value is -7.30. The third-order valence-electron chi connectivity index (χ3n) is 14.0. The predicted octanol–water partition coefficient (Wildman–Crippen LogP) is 20.3. The zero-order valence-corrected chi connectivity index (χ0v) is 41.6. The van der Waals surface area contributed by atoms with Gasteiger partial charge in [0.05, 0.1) is 11.4 Å². The molecule has 1 nitrogen and oxygen atoms in total. The van der Waals surface area contributed by atoms with Crippen LogP contribution in [0.4, 0.5) is 17.1 Å². The van der Waals surface area contributed by atoms with Crippen LogP contribution in [0.15, 0.2) is 212 Å². The van der Waals surface area contributed by atoms with Crippen molar-refractivity contribution in [2.24, 2.45) is 0 Å². The van der Waals surface area contributed by atoms with E-state index in [2.05, 4.69) is 259 Å². The van der Waals surface area contributed by atoms with Crippen LogP contribution in [-0.2, 0) is 10.8 Å². The summed E-state index contributed by atoms with van der Waals surface area (Å²) < 4.78 is 5.23. The summed E-state index contributed by atoms with van der Waals surface area (Å²) in [5.74, 6) is 0. The number of nitrogens with zero attached hydrogens (tertiary/aromatic N) is 1. The number of anilines is 3. The Balaban J connectivity index is 1.10. The highest BCUT2D eigenvalue weighted by Gasteiger charge is 2.26. The number of thiophene rings is 2. The van der Waals surface area contributed by atoms with E-state index >= 15 is 0 Å². The minimum absolute atomic E-state index is 0.0108. The van der Waals surface area contributed by atoms with Gasteiger partial charge in [-0.3, -0.25) is 0 Å². The van der Waals surface area contributed by atoms with Gasteiger partial charge in [-0.05, 0) is 115 Å². The number of hydrogen-bond acceptors (Lipinski definition) is 3. The van der Waals surface area contributed by atoms with Crippen molar-refractivity contribution >= 4 is 90.9 Å². The van der Waals surface area contributed by atoms with Crippen LogP contribution in [0.1, 0.15) is 52.7 Å². The first kappa shape index (κ1) is 43.0. The van der Waals surface area contributed by atoms with Gasteiger partial charge in [0.2, 0.25) is 0 Å². The lowest BCUT2D eigenvalue weighted by molar-refractivity contribution is 0.569. The van der Waals surface area contributed by atoms with Crippen molar-refractivity contribution in [3.05, 3.63) is 223 Å². The van der Waals surface area contributed by atoms with E-state index in [4.69, 9.17) is 0 Å². The molecule has 0 bridgehead atoms. The summed E-state index contributed by atoms with van der Waals surface area (Å²) >= 11 is 3.74. The summed E-state index contributed by atoms with van der Waals surface area (Å²) in [4.78, 5) is 2.52. The Labute approximate surface area is 413 Å². The molecule has 0 unspecified atom stereocenters. The minimum atomic E-state index is -0.0108. The van der Waals surface area contributed by atoms with Crippen molar-refractivity contribution in [3.63, 3.8) is 0 Å². The molecule has 2 heterocycles. The molecular weight excluding hydrogens is 871 g/mol. The second-order valence-corrected chi connectivity index (χ2v) is 22.6. The van der Waals surface area contributed by atoms with Gasteiger partial charge in [0.1, 0.15) is 0 Å². The van der Waals surface area contributed by atoms with Gasteiger partial charge in [-0.2, -0.15) is 0 Å². The monoisotopic (exact) mass is 923 g/mol. The molecule has 12 rings (SSSR count). The van der Waals surface area contributed by atoms with E-state index in [0.717, 1.165) is 17.1 Å². The maximum absolute atomic E-state index is 2.52. The van der Waals surface area contributed by atoms with Gasteiger partial charge in [0.15, 0.2) is 0 Å². The predicted molar refractivity (Wildman–Crippen MR) is 304 cm³/mol. The summed E-state index contributed by atoms with van der Waals surface area (Å²) in [7, 11) is 0. The molecule has 0 radical (unpaired) electrons. The molecule has 0 fully saturated rings. The Bertz CT molecular complexity index is 3890. The fourth-order valence-electron chi connectivity index (χ4n) is 10.5. The SMILES string of the molecule is CC(C)(C)c1cc(-c2cccc3cccc(-c4ccccc4N(c4ccc(-c5cccc6sc7ccccc7c56)cc4)c4ccccc4-c4cccc5sc6ccccc6c45)c23)cc(C(C)(C)C)c1. The Morgan fingerprint density at radius 3 is 1.26 bits per heavy atom. The van der Waals surface area contributed by atoms with Crippen molar-refractivity contribution in [3.8, 4) is 44.5 Å². The van der Waals surface area contributed by atoms with E-state index in [1.165, 1.54) is 107 Å². The number of benzene rings is 10. The van der Waals surface area contributed by atoms with Gasteiger partial charge in [-0.15, -0.1) is 22.7 Å². The Kier molecular flexibility index (Phi) is 10.4. The van der Waals surface area contributed by atoms with E-state index in [-0.39, 0.29) is 10.8 Å². The van der Waals surface area contributed by atoms with Crippen LogP contribution >= 0.6 is 22.7 Å². The summed E-state index contributed by atoms with van der Waals surface area (Å²) in [6.45, 7) is 14.0. The average Bonchev–Trinajstić information content (AvgIpc) is 3.95. The van der Waals surface area contributed by atoms with Gasteiger partial charge in [0, 0.05) is 57.2 Å². The lowest BCUT2D eigenvalue weighted by Crippen LogP contribution is -2.16. The Morgan fingerprint density at radius 1 is 0.319 bits per heavy atom. The van der Waals surface area contributed by atoms with E-state index in [1.807, 2.05) is 22.7 Å². The van der Waals surface area contributed by atoms with Gasteiger partial charge >= 0.3 is 0 Å². The van der Waals surface area contributed by atoms with Crippen molar-refractivity contribution in [2.45, 2.75) is 52.4 Å². The van der Waals surface area contributed by atoms with E-state index in [9.17, 15) is 0 Å². The fourth-order valence-corrected chi connectivity index (χ4v) is 12.7. The maximum atomic E-state index is 2.52. The summed E-state index contributed by atoms with van der Waals surface area (Å²) in [6, 6.07) is 79.6. The van der Waals surface area contributed by atoms with Crippen molar-refractivity contribution in [1.29, 1.82) is 0 Å². The van der Waals surface area contributed by atoms with Crippen molar-refractivity contribution in [2.75, 3.05) is 4.90 Å². The zero-order chi connectivity index (χ0) is 47.0. The van der Waals surface area contributed by atoms with Crippen LogP contribution in [-0.4, -0.2) is 0 Å². The molecule has 69 heavy (non-hydrogen) atoms.